The Hall–Kier alpha value is -1.19. The van der Waals surface area contributed by atoms with E-state index < -0.39 is 45.3 Å². The third kappa shape index (κ3) is 4.15. The van der Waals surface area contributed by atoms with Gasteiger partial charge in [-0.1, -0.05) is 0 Å². The van der Waals surface area contributed by atoms with Crippen molar-refractivity contribution in [1.82, 2.24) is 5.32 Å². The molecule has 0 heterocycles. The van der Waals surface area contributed by atoms with Crippen LogP contribution in [0.15, 0.2) is 0 Å². The minimum atomic E-state index is -4.18. The Balaban J connectivity index is 2.63. The largest absolute Gasteiger partial charge is 0.480 e. The molecule has 9 heteroatoms. The molecule has 4 N–H and O–H groups in total. The van der Waals surface area contributed by atoms with Gasteiger partial charge in [0.1, 0.15) is 0 Å². The molecular weight excluding hydrogens is 278 g/mol. The van der Waals surface area contributed by atoms with Crippen molar-refractivity contribution in [2.24, 2.45) is 5.92 Å². The topological polar surface area (TPSA) is 141 Å². The molecule has 0 aromatic rings. The van der Waals surface area contributed by atoms with Crippen LogP contribution in [0.5, 0.6) is 0 Å². The van der Waals surface area contributed by atoms with Crippen LogP contribution in [-0.2, 0) is 19.7 Å². The van der Waals surface area contributed by atoms with Gasteiger partial charge in [-0.25, -0.2) is 4.79 Å². The summed E-state index contributed by atoms with van der Waals surface area (Å²) in [5.74, 6) is -2.67. The van der Waals surface area contributed by atoms with Gasteiger partial charge in [0, 0.05) is 5.92 Å². The summed E-state index contributed by atoms with van der Waals surface area (Å²) >= 11 is 0. The van der Waals surface area contributed by atoms with Crippen LogP contribution in [0.4, 0.5) is 0 Å². The minimum absolute atomic E-state index is 0.0448. The van der Waals surface area contributed by atoms with Crippen LogP contribution in [0.2, 0.25) is 0 Å². The Morgan fingerprint density at radius 2 is 1.89 bits per heavy atom. The van der Waals surface area contributed by atoms with Crippen LogP contribution >= 0.6 is 0 Å². The first kappa shape index (κ1) is 15.9. The third-order valence-electron chi connectivity index (χ3n) is 3.22. The molecule has 8 nitrogen and oxygen atoms in total. The van der Waals surface area contributed by atoms with Gasteiger partial charge in [-0.2, -0.15) is 8.42 Å². The van der Waals surface area contributed by atoms with Crippen LogP contribution < -0.4 is 5.32 Å². The molecule has 0 radical (unpaired) electrons. The van der Waals surface area contributed by atoms with Gasteiger partial charge in [0.25, 0.3) is 10.1 Å². The molecule has 2 unspecified atom stereocenters. The molecule has 1 fully saturated rings. The van der Waals surface area contributed by atoms with Gasteiger partial charge in [-0.3, -0.25) is 9.35 Å². The lowest BCUT2D eigenvalue weighted by atomic mass is 10.1. The molecule has 4 atom stereocenters. The number of aliphatic hydroxyl groups is 1. The van der Waals surface area contributed by atoms with Crippen LogP contribution in [0.1, 0.15) is 26.2 Å². The number of carboxylic acid groups (broad SMARTS) is 1. The average Bonchev–Trinajstić information content (AvgIpc) is 2.73. The maximum atomic E-state index is 11.8. The zero-order valence-electron chi connectivity index (χ0n) is 10.3. The predicted molar refractivity (Wildman–Crippen MR) is 63.9 cm³/mol. The first-order chi connectivity index (χ1) is 8.62. The number of carbonyl (C=O) groups excluding carboxylic acids is 1. The summed E-state index contributed by atoms with van der Waals surface area (Å²) in [5.41, 5.74) is 0. The third-order valence-corrected chi connectivity index (χ3v) is 4.49. The van der Waals surface area contributed by atoms with Crippen molar-refractivity contribution in [2.75, 3.05) is 0 Å². The monoisotopic (exact) mass is 295 g/mol. The molecule has 1 aliphatic rings. The van der Waals surface area contributed by atoms with Gasteiger partial charge >= 0.3 is 5.97 Å². The normalized spacial score (nSPS) is 26.7. The first-order valence-electron chi connectivity index (χ1n) is 5.80. The van der Waals surface area contributed by atoms with Gasteiger partial charge in [0.2, 0.25) is 5.91 Å². The van der Waals surface area contributed by atoms with Gasteiger partial charge in [-0.15, -0.1) is 0 Å². The fourth-order valence-electron chi connectivity index (χ4n) is 2.11. The molecule has 1 rings (SSSR count). The molecule has 0 bridgehead atoms. The maximum Gasteiger partial charge on any atom is 0.328 e. The van der Waals surface area contributed by atoms with E-state index in [-0.39, 0.29) is 19.3 Å². The maximum absolute atomic E-state index is 11.8. The number of hydrogen-bond donors (Lipinski definition) is 4. The van der Waals surface area contributed by atoms with Crippen molar-refractivity contribution in [2.45, 2.75) is 43.6 Å². The van der Waals surface area contributed by atoms with Crippen LogP contribution in [0.3, 0.4) is 0 Å². The quantitative estimate of drug-likeness (QED) is 0.476. The summed E-state index contributed by atoms with van der Waals surface area (Å²) in [6.07, 6.45) is -0.900. The van der Waals surface area contributed by atoms with Crippen molar-refractivity contribution < 1.29 is 32.8 Å². The second kappa shape index (κ2) is 5.85. The van der Waals surface area contributed by atoms with E-state index in [9.17, 15) is 23.1 Å². The van der Waals surface area contributed by atoms with Crippen molar-refractivity contribution in [1.29, 1.82) is 0 Å². The average molecular weight is 295 g/mol. The molecule has 0 aliphatic heterocycles. The van der Waals surface area contributed by atoms with E-state index in [1.807, 2.05) is 0 Å². The summed E-state index contributed by atoms with van der Waals surface area (Å²) in [6.45, 7) is 1.23. The molecular formula is C10H17NO7S. The Kier molecular flexibility index (Phi) is 4.88. The molecule has 19 heavy (non-hydrogen) atoms. The van der Waals surface area contributed by atoms with Crippen molar-refractivity contribution >= 4 is 22.0 Å². The summed E-state index contributed by atoms with van der Waals surface area (Å²) in [4.78, 5) is 22.6. The Bertz CT molecular complexity index is 458. The molecule has 0 aromatic heterocycles. The van der Waals surface area contributed by atoms with E-state index in [1.165, 1.54) is 6.92 Å². The highest BCUT2D eigenvalue weighted by atomic mass is 32.2. The van der Waals surface area contributed by atoms with E-state index in [4.69, 9.17) is 9.66 Å². The first-order valence-corrected chi connectivity index (χ1v) is 7.30. The highest BCUT2D eigenvalue weighted by molar-refractivity contribution is 7.86. The number of nitrogens with one attached hydrogen (secondary N) is 1. The summed E-state index contributed by atoms with van der Waals surface area (Å²) < 4.78 is 30.7. The number of amides is 1. The highest BCUT2D eigenvalue weighted by Gasteiger charge is 2.38. The fraction of sp³-hybridized carbons (Fsp3) is 0.800. The van der Waals surface area contributed by atoms with Crippen LogP contribution in [0, 0.1) is 5.92 Å². The summed E-state index contributed by atoms with van der Waals surface area (Å²) in [6, 6.07) is -1.43. The van der Waals surface area contributed by atoms with E-state index in [1.54, 1.807) is 0 Å². The smallest absolute Gasteiger partial charge is 0.328 e. The molecule has 1 amide bonds. The molecule has 0 saturated heterocycles. The van der Waals surface area contributed by atoms with Gasteiger partial charge in [0.15, 0.2) is 6.04 Å². The van der Waals surface area contributed by atoms with Crippen molar-refractivity contribution in [3.8, 4) is 0 Å². The molecule has 1 saturated carbocycles. The van der Waals surface area contributed by atoms with E-state index >= 15 is 0 Å². The Morgan fingerprint density at radius 3 is 2.26 bits per heavy atom. The lowest BCUT2D eigenvalue weighted by Gasteiger charge is -2.19. The number of hydrogen-bond acceptors (Lipinski definition) is 5. The lowest BCUT2D eigenvalue weighted by molar-refractivity contribution is -0.145. The van der Waals surface area contributed by atoms with E-state index in [0.29, 0.717) is 0 Å². The van der Waals surface area contributed by atoms with Crippen molar-refractivity contribution in [3.63, 3.8) is 0 Å². The van der Waals surface area contributed by atoms with Crippen LogP contribution in [-0.4, -0.2) is 52.5 Å². The van der Waals surface area contributed by atoms with Gasteiger partial charge < -0.3 is 15.5 Å². The lowest BCUT2D eigenvalue weighted by Crippen LogP contribution is -2.49. The minimum Gasteiger partial charge on any atom is -0.480 e. The number of carbonyl (C=O) groups is 2. The highest BCUT2D eigenvalue weighted by Crippen LogP contribution is 2.30. The van der Waals surface area contributed by atoms with Crippen LogP contribution in [0.25, 0.3) is 0 Å². The number of aliphatic hydroxyl groups excluding tert-OH is 1. The zero-order valence-corrected chi connectivity index (χ0v) is 11.1. The van der Waals surface area contributed by atoms with Gasteiger partial charge in [0.05, 0.1) is 11.4 Å². The second-order valence-corrected chi connectivity index (χ2v) is 6.41. The number of carboxylic acids is 1. The van der Waals surface area contributed by atoms with E-state index in [0.717, 1.165) is 0 Å². The Labute approximate surface area is 110 Å². The summed E-state index contributed by atoms with van der Waals surface area (Å²) in [7, 11) is -4.18. The zero-order chi connectivity index (χ0) is 14.8. The standard InChI is InChI=1S/C10H17NO7S/c1-5(12)8(10(14)15)11-9(13)6-2-3-7(4-6)19(16,17)18/h5-8,12H,2-4H2,1H3,(H,11,13)(H,14,15)(H,16,17,18)/t5-,6?,7?,8-/m0/s1. The summed E-state index contributed by atoms with van der Waals surface area (Å²) in [5, 5.41) is 19.2. The van der Waals surface area contributed by atoms with E-state index in [2.05, 4.69) is 5.32 Å². The predicted octanol–water partition coefficient (Wildman–Crippen LogP) is -1.01. The number of aliphatic carboxylic acids is 1. The second-order valence-electron chi connectivity index (χ2n) is 4.71. The SMILES string of the molecule is C[C@H](O)[C@H](NC(=O)C1CCC(S(=O)(=O)O)C1)C(=O)O. The fourth-order valence-corrected chi connectivity index (χ4v) is 3.02. The molecule has 110 valence electrons. The molecule has 1 aliphatic carbocycles. The Morgan fingerprint density at radius 1 is 1.32 bits per heavy atom. The molecule has 0 aromatic carbocycles. The molecule has 0 spiro atoms. The number of rotatable bonds is 5. The van der Waals surface area contributed by atoms with Gasteiger partial charge in [-0.05, 0) is 26.2 Å². The van der Waals surface area contributed by atoms with Crippen molar-refractivity contribution in [3.05, 3.63) is 0 Å².